The number of hydrogen-bond acceptors (Lipinski definition) is 0. The van der Waals surface area contributed by atoms with Crippen LogP contribution in [0.4, 0.5) is 0 Å². The van der Waals surface area contributed by atoms with E-state index in [1.165, 1.54) is 11.1 Å². The third kappa shape index (κ3) is 3.49. The van der Waals surface area contributed by atoms with Crippen molar-refractivity contribution in [2.75, 3.05) is 0 Å². The van der Waals surface area contributed by atoms with Gasteiger partial charge in [0.25, 0.3) is 0 Å². The summed E-state index contributed by atoms with van der Waals surface area (Å²) in [6.07, 6.45) is 4.42. The largest absolute Gasteiger partial charge is 0.0842 e. The first-order valence-electron chi connectivity index (χ1n) is 3.89. The second-order valence-corrected chi connectivity index (χ2v) is 3.17. The second kappa shape index (κ2) is 4.32. The topological polar surface area (TPSA) is 0 Å². The molecule has 0 aromatic rings. The molecule has 0 aliphatic rings. The summed E-state index contributed by atoms with van der Waals surface area (Å²) in [5, 5.41) is 0. The number of allylic oxidation sites excluding steroid dienone is 4. The minimum atomic E-state index is 0.653. The Bertz CT molecular complexity index is 143. The first-order valence-corrected chi connectivity index (χ1v) is 3.89. The lowest BCUT2D eigenvalue weighted by Gasteiger charge is -2.05. The predicted molar refractivity (Wildman–Crippen MR) is 48.0 cm³/mol. The van der Waals surface area contributed by atoms with Gasteiger partial charge in [-0.15, -0.1) is 0 Å². The quantitative estimate of drug-likeness (QED) is 0.512. The molecule has 0 amide bonds. The van der Waals surface area contributed by atoms with Crippen molar-refractivity contribution in [2.45, 2.75) is 34.6 Å². The molecule has 0 atom stereocenters. The number of rotatable bonds is 2. The van der Waals surface area contributed by atoms with Crippen molar-refractivity contribution in [2.24, 2.45) is 5.92 Å². The monoisotopic (exact) mass is 138 g/mol. The second-order valence-electron chi connectivity index (χ2n) is 3.17. The maximum absolute atomic E-state index is 2.24. The van der Waals surface area contributed by atoms with Gasteiger partial charge in [-0.2, -0.15) is 0 Å². The molecule has 0 heterocycles. The van der Waals surface area contributed by atoms with Gasteiger partial charge in [-0.05, 0) is 32.3 Å². The summed E-state index contributed by atoms with van der Waals surface area (Å²) in [4.78, 5) is 0. The van der Waals surface area contributed by atoms with E-state index in [1.807, 2.05) is 0 Å². The molecule has 0 radical (unpaired) electrons. The van der Waals surface area contributed by atoms with E-state index in [9.17, 15) is 0 Å². The number of hydrogen-bond donors (Lipinski definition) is 0. The summed E-state index contributed by atoms with van der Waals surface area (Å²) in [6.45, 7) is 10.8. The zero-order valence-corrected chi connectivity index (χ0v) is 7.73. The highest BCUT2D eigenvalue weighted by Gasteiger charge is 1.96. The molecule has 0 N–H and O–H groups in total. The molecule has 0 aliphatic carbocycles. The van der Waals surface area contributed by atoms with Gasteiger partial charge in [-0.25, -0.2) is 0 Å². The Morgan fingerprint density at radius 2 is 1.70 bits per heavy atom. The van der Waals surface area contributed by atoms with E-state index in [0.29, 0.717) is 5.92 Å². The van der Waals surface area contributed by atoms with E-state index in [0.717, 1.165) is 0 Å². The standard InChI is InChI=1S/C10H18/c1-6-10(9(4)5)7-8(2)3/h6-7,9H,1-5H3. The average molecular weight is 138 g/mol. The molecule has 10 heavy (non-hydrogen) atoms. The fourth-order valence-electron chi connectivity index (χ4n) is 0.917. The van der Waals surface area contributed by atoms with E-state index >= 15 is 0 Å². The van der Waals surface area contributed by atoms with Gasteiger partial charge in [0.2, 0.25) is 0 Å². The van der Waals surface area contributed by atoms with Gasteiger partial charge in [-0.1, -0.05) is 31.6 Å². The van der Waals surface area contributed by atoms with E-state index in [4.69, 9.17) is 0 Å². The summed E-state index contributed by atoms with van der Waals surface area (Å²) < 4.78 is 0. The molecule has 0 unspecified atom stereocenters. The van der Waals surface area contributed by atoms with Crippen LogP contribution in [0.15, 0.2) is 23.3 Å². The lowest BCUT2D eigenvalue weighted by Crippen LogP contribution is -1.89. The van der Waals surface area contributed by atoms with Crippen LogP contribution < -0.4 is 0 Å². The van der Waals surface area contributed by atoms with Crippen LogP contribution in [0.25, 0.3) is 0 Å². The summed E-state index contributed by atoms with van der Waals surface area (Å²) in [6, 6.07) is 0. The summed E-state index contributed by atoms with van der Waals surface area (Å²) in [5.41, 5.74) is 2.81. The van der Waals surface area contributed by atoms with Crippen LogP contribution in [0.3, 0.4) is 0 Å². The first-order chi connectivity index (χ1) is 4.57. The summed E-state index contributed by atoms with van der Waals surface area (Å²) in [7, 11) is 0. The van der Waals surface area contributed by atoms with Crippen molar-refractivity contribution in [3.05, 3.63) is 23.3 Å². The highest BCUT2D eigenvalue weighted by molar-refractivity contribution is 5.22. The Morgan fingerprint density at radius 3 is 1.80 bits per heavy atom. The van der Waals surface area contributed by atoms with Crippen LogP contribution in [0, 0.1) is 5.92 Å². The van der Waals surface area contributed by atoms with Crippen molar-refractivity contribution >= 4 is 0 Å². The Hall–Kier alpha value is -0.520. The molecule has 0 saturated carbocycles. The molecule has 0 fully saturated rings. The van der Waals surface area contributed by atoms with Crippen molar-refractivity contribution in [1.82, 2.24) is 0 Å². The smallest absolute Gasteiger partial charge is 0.0222 e. The Kier molecular flexibility index (Phi) is 4.10. The van der Waals surface area contributed by atoms with Crippen LogP contribution in [-0.2, 0) is 0 Å². The van der Waals surface area contributed by atoms with Gasteiger partial charge in [0.1, 0.15) is 0 Å². The van der Waals surface area contributed by atoms with Crippen molar-refractivity contribution in [3.8, 4) is 0 Å². The van der Waals surface area contributed by atoms with Gasteiger partial charge in [0.15, 0.2) is 0 Å². The van der Waals surface area contributed by atoms with Crippen molar-refractivity contribution < 1.29 is 0 Å². The van der Waals surface area contributed by atoms with Crippen LogP contribution in [-0.4, -0.2) is 0 Å². The molecule has 0 heteroatoms. The van der Waals surface area contributed by atoms with Crippen LogP contribution in [0.2, 0.25) is 0 Å². The normalized spacial score (nSPS) is 12.0. The molecule has 0 aliphatic heterocycles. The Morgan fingerprint density at radius 1 is 1.20 bits per heavy atom. The minimum absolute atomic E-state index is 0.653. The van der Waals surface area contributed by atoms with Crippen molar-refractivity contribution in [3.63, 3.8) is 0 Å². The summed E-state index contributed by atoms with van der Waals surface area (Å²) >= 11 is 0. The first kappa shape index (κ1) is 9.48. The maximum atomic E-state index is 2.24. The SMILES string of the molecule is CC=C(C=C(C)C)C(C)C. The molecule has 58 valence electrons. The third-order valence-corrected chi connectivity index (χ3v) is 1.46. The van der Waals surface area contributed by atoms with Crippen LogP contribution in [0.1, 0.15) is 34.6 Å². The third-order valence-electron chi connectivity index (χ3n) is 1.46. The van der Waals surface area contributed by atoms with Crippen molar-refractivity contribution in [1.29, 1.82) is 0 Å². The van der Waals surface area contributed by atoms with Crippen LogP contribution in [0.5, 0.6) is 0 Å². The zero-order chi connectivity index (χ0) is 8.15. The molecule has 0 aromatic carbocycles. The Labute approximate surface area is 64.6 Å². The molecule has 0 nitrogen and oxygen atoms in total. The van der Waals surface area contributed by atoms with Gasteiger partial charge in [-0.3, -0.25) is 0 Å². The van der Waals surface area contributed by atoms with Crippen LogP contribution >= 0.6 is 0 Å². The fourth-order valence-corrected chi connectivity index (χ4v) is 0.917. The van der Waals surface area contributed by atoms with Gasteiger partial charge in [0, 0.05) is 0 Å². The molecule has 0 rings (SSSR count). The van der Waals surface area contributed by atoms with E-state index < -0.39 is 0 Å². The molecule has 0 saturated heterocycles. The lowest BCUT2D eigenvalue weighted by molar-refractivity contribution is 0.787. The lowest BCUT2D eigenvalue weighted by atomic mass is 10.0. The van der Waals surface area contributed by atoms with Gasteiger partial charge < -0.3 is 0 Å². The molecule has 0 bridgehead atoms. The minimum Gasteiger partial charge on any atom is -0.0842 e. The van der Waals surface area contributed by atoms with E-state index in [2.05, 4.69) is 46.8 Å². The Balaban J connectivity index is 4.26. The maximum Gasteiger partial charge on any atom is -0.0222 e. The highest BCUT2D eigenvalue weighted by Crippen LogP contribution is 2.12. The molecular weight excluding hydrogens is 120 g/mol. The molecular formula is C10H18. The van der Waals surface area contributed by atoms with Gasteiger partial charge in [0.05, 0.1) is 0 Å². The van der Waals surface area contributed by atoms with E-state index in [-0.39, 0.29) is 0 Å². The highest BCUT2D eigenvalue weighted by atomic mass is 14.0. The van der Waals surface area contributed by atoms with Gasteiger partial charge >= 0.3 is 0 Å². The summed E-state index contributed by atoms with van der Waals surface area (Å²) in [5.74, 6) is 0.653. The fraction of sp³-hybridized carbons (Fsp3) is 0.600. The molecule has 0 aromatic heterocycles. The average Bonchev–Trinajstić information content (AvgIpc) is 1.81. The molecule has 0 spiro atoms. The predicted octanol–water partition coefficient (Wildman–Crippen LogP) is 3.55. The zero-order valence-electron chi connectivity index (χ0n) is 7.73. The van der Waals surface area contributed by atoms with E-state index in [1.54, 1.807) is 0 Å².